The summed E-state index contributed by atoms with van der Waals surface area (Å²) < 4.78 is 4.87. The van der Waals surface area contributed by atoms with Gasteiger partial charge in [0, 0.05) is 6.07 Å². The van der Waals surface area contributed by atoms with E-state index in [1.807, 2.05) is 13.0 Å². The van der Waals surface area contributed by atoms with Crippen molar-refractivity contribution in [3.63, 3.8) is 0 Å². The summed E-state index contributed by atoms with van der Waals surface area (Å²) in [6.45, 7) is 2.30. The first kappa shape index (κ1) is 7.63. The average Bonchev–Trinajstić information content (AvgIpc) is 2.48. The van der Waals surface area contributed by atoms with Crippen molar-refractivity contribution in [3.8, 4) is 0 Å². The van der Waals surface area contributed by atoms with Gasteiger partial charge >= 0.3 is 0 Å². The summed E-state index contributed by atoms with van der Waals surface area (Å²) in [5.41, 5.74) is 7.30. The molecule has 1 aromatic rings. The van der Waals surface area contributed by atoms with Crippen molar-refractivity contribution < 1.29 is 4.52 Å². The molecule has 0 atom stereocenters. The first-order chi connectivity index (χ1) is 5.36. The van der Waals surface area contributed by atoms with Gasteiger partial charge in [0.25, 0.3) is 0 Å². The van der Waals surface area contributed by atoms with Gasteiger partial charge in [-0.3, -0.25) is 0 Å². The van der Waals surface area contributed by atoms with Crippen LogP contribution in [0.3, 0.4) is 0 Å². The summed E-state index contributed by atoms with van der Waals surface area (Å²) in [4.78, 5) is 2.85. The molecule has 58 valence electrons. The predicted octanol–water partition coefficient (Wildman–Crippen LogP) is 1.29. The highest BCUT2D eigenvalue weighted by Gasteiger charge is 2.02. The fraction of sp³-hybridized carbons (Fsp3) is 0.500. The molecule has 0 aromatic carbocycles. The molecule has 5 nitrogen and oxygen atoms in total. The Bertz CT molecular complexity index is 274. The minimum atomic E-state index is 0.302. The molecule has 0 aliphatic carbocycles. The second-order valence-electron chi connectivity index (χ2n) is 2.04. The van der Waals surface area contributed by atoms with Gasteiger partial charge in [0.2, 0.25) is 4.91 Å². The van der Waals surface area contributed by atoms with Crippen molar-refractivity contribution in [2.24, 2.45) is 5.11 Å². The molecule has 0 radical (unpaired) electrons. The summed E-state index contributed by atoms with van der Waals surface area (Å²) in [7, 11) is 0. The van der Waals surface area contributed by atoms with Crippen LogP contribution in [-0.2, 0) is 13.0 Å². The minimum Gasteiger partial charge on any atom is -0.359 e. The zero-order valence-corrected chi connectivity index (χ0v) is 6.24. The lowest BCUT2D eigenvalue weighted by atomic mass is 10.3. The van der Waals surface area contributed by atoms with Crippen molar-refractivity contribution >= 4 is 0 Å². The lowest BCUT2D eigenvalue weighted by Gasteiger charge is -1.75. The lowest BCUT2D eigenvalue weighted by Crippen LogP contribution is -1.75. The quantitative estimate of drug-likeness (QED) is 0.524. The largest absolute Gasteiger partial charge is 0.359 e. The average molecular weight is 153 g/mol. The van der Waals surface area contributed by atoms with Crippen LogP contribution < -0.4 is 4.91 Å². The lowest BCUT2D eigenvalue weighted by molar-refractivity contribution is 0.377. The van der Waals surface area contributed by atoms with E-state index in [2.05, 4.69) is 15.2 Å². The molecule has 0 amide bonds. The van der Waals surface area contributed by atoms with Gasteiger partial charge < -0.3 is 4.52 Å². The Kier molecular flexibility index (Phi) is 2.52. The van der Waals surface area contributed by atoms with E-state index in [9.17, 15) is 0 Å². The van der Waals surface area contributed by atoms with Gasteiger partial charge in [0.05, 0.1) is 5.69 Å². The normalized spacial score (nSPS) is 9.18. The molecule has 1 rings (SSSR count). The second kappa shape index (κ2) is 3.63. The molecule has 0 aliphatic heterocycles. The monoisotopic (exact) mass is 153 g/mol. The molecule has 1 heterocycles. The van der Waals surface area contributed by atoms with Crippen LogP contribution in [0.25, 0.3) is 0 Å². The van der Waals surface area contributed by atoms with Crippen molar-refractivity contribution in [2.45, 2.75) is 19.9 Å². The SMILES string of the molecule is CCc1cc(CN=[N+]=N)on1. The van der Waals surface area contributed by atoms with Gasteiger partial charge in [-0.15, -0.1) is 0 Å². The minimum absolute atomic E-state index is 0.302. The Balaban J connectivity index is 2.64. The van der Waals surface area contributed by atoms with Crippen LogP contribution in [0, 0.1) is 5.53 Å². The molecule has 5 heteroatoms. The van der Waals surface area contributed by atoms with E-state index < -0.39 is 0 Å². The van der Waals surface area contributed by atoms with Gasteiger partial charge in [-0.25, -0.2) is 0 Å². The van der Waals surface area contributed by atoms with Gasteiger partial charge in [0.1, 0.15) is 10.6 Å². The first-order valence-corrected chi connectivity index (χ1v) is 3.34. The van der Waals surface area contributed by atoms with Crippen molar-refractivity contribution in [1.82, 2.24) is 10.1 Å². The van der Waals surface area contributed by atoms with Gasteiger partial charge in [-0.1, -0.05) is 12.1 Å². The molecular formula is C6H9N4O+. The molecular weight excluding hydrogens is 144 g/mol. The Morgan fingerprint density at radius 1 is 1.82 bits per heavy atom. The maximum atomic E-state index is 6.40. The number of aryl methyl sites for hydroxylation is 1. The first-order valence-electron chi connectivity index (χ1n) is 3.34. The van der Waals surface area contributed by atoms with Crippen LogP contribution in [0.5, 0.6) is 0 Å². The van der Waals surface area contributed by atoms with Gasteiger partial charge in [-0.05, 0) is 6.42 Å². The second-order valence-corrected chi connectivity index (χ2v) is 2.04. The predicted molar refractivity (Wildman–Crippen MR) is 36.9 cm³/mol. The van der Waals surface area contributed by atoms with E-state index in [0.29, 0.717) is 12.3 Å². The van der Waals surface area contributed by atoms with Crippen molar-refractivity contribution in [1.29, 1.82) is 5.53 Å². The number of nitrogens with one attached hydrogen (secondary N) is 1. The summed E-state index contributed by atoms with van der Waals surface area (Å²) in [5, 5.41) is 7.20. The highest BCUT2D eigenvalue weighted by atomic mass is 16.5. The molecule has 0 saturated carbocycles. The van der Waals surface area contributed by atoms with Crippen LogP contribution >= 0.6 is 0 Å². The molecule has 0 unspecified atom stereocenters. The highest BCUT2D eigenvalue weighted by molar-refractivity contribution is 5.04. The molecule has 0 aliphatic rings. The van der Waals surface area contributed by atoms with Crippen molar-refractivity contribution in [3.05, 3.63) is 17.5 Å². The van der Waals surface area contributed by atoms with E-state index in [1.165, 1.54) is 0 Å². The Labute approximate surface area is 63.6 Å². The fourth-order valence-corrected chi connectivity index (χ4v) is 0.702. The van der Waals surface area contributed by atoms with Crippen molar-refractivity contribution in [2.75, 3.05) is 0 Å². The van der Waals surface area contributed by atoms with Crippen LogP contribution in [0.2, 0.25) is 0 Å². The van der Waals surface area contributed by atoms with Crippen LogP contribution in [0.4, 0.5) is 0 Å². The van der Waals surface area contributed by atoms with Crippen LogP contribution in [0.15, 0.2) is 15.7 Å². The van der Waals surface area contributed by atoms with E-state index in [1.54, 1.807) is 0 Å². The zero-order chi connectivity index (χ0) is 8.10. The van der Waals surface area contributed by atoms with Gasteiger partial charge in [0.15, 0.2) is 12.3 Å². The molecule has 0 fully saturated rings. The third-order valence-electron chi connectivity index (χ3n) is 1.27. The highest BCUT2D eigenvalue weighted by Crippen LogP contribution is 2.04. The van der Waals surface area contributed by atoms with E-state index >= 15 is 0 Å². The summed E-state index contributed by atoms with van der Waals surface area (Å²) in [5.74, 6) is 0.651. The van der Waals surface area contributed by atoms with E-state index in [0.717, 1.165) is 12.1 Å². The molecule has 1 aromatic heterocycles. The summed E-state index contributed by atoms with van der Waals surface area (Å²) in [6, 6.07) is 1.81. The van der Waals surface area contributed by atoms with E-state index in [-0.39, 0.29) is 0 Å². The maximum Gasteiger partial charge on any atom is 0.214 e. The topological polar surface area (TPSA) is 76.3 Å². The number of hydrogen-bond donors (Lipinski definition) is 1. The smallest absolute Gasteiger partial charge is 0.214 e. The fourth-order valence-electron chi connectivity index (χ4n) is 0.702. The van der Waals surface area contributed by atoms with Crippen LogP contribution in [0.1, 0.15) is 18.4 Å². The number of nitrogens with zero attached hydrogens (tertiary/aromatic N) is 3. The summed E-state index contributed by atoms with van der Waals surface area (Å²) in [6.07, 6.45) is 0.849. The molecule has 0 spiro atoms. The Morgan fingerprint density at radius 2 is 2.64 bits per heavy atom. The number of rotatable bonds is 3. The molecule has 0 saturated heterocycles. The molecule has 11 heavy (non-hydrogen) atoms. The third-order valence-corrected chi connectivity index (χ3v) is 1.27. The maximum absolute atomic E-state index is 6.40. The van der Waals surface area contributed by atoms with E-state index in [4.69, 9.17) is 10.1 Å². The standard InChI is InChI=1S/C6H9N4O/c1-2-5-3-6(11-9-5)4-8-10-7/h3,7H,2,4H2,1H3/q+1. The van der Waals surface area contributed by atoms with Crippen LogP contribution in [-0.4, -0.2) is 5.16 Å². The van der Waals surface area contributed by atoms with Gasteiger partial charge in [-0.2, -0.15) is 0 Å². The number of aromatic nitrogens is 1. The summed E-state index contributed by atoms with van der Waals surface area (Å²) >= 11 is 0. The Hall–Kier alpha value is -1.48. The molecule has 1 N–H and O–H groups in total. The number of hydrogen-bond acceptors (Lipinski definition) is 4. The third kappa shape index (κ3) is 1.98. The zero-order valence-electron chi connectivity index (χ0n) is 6.24. The molecule has 0 bridgehead atoms. The Morgan fingerprint density at radius 3 is 3.18 bits per heavy atom.